The summed E-state index contributed by atoms with van der Waals surface area (Å²) in [5.41, 5.74) is 0.831. The van der Waals surface area contributed by atoms with E-state index in [0.717, 1.165) is 10.0 Å². The van der Waals surface area contributed by atoms with E-state index in [9.17, 15) is 10.1 Å². The highest BCUT2D eigenvalue weighted by molar-refractivity contribution is 9.10. The van der Waals surface area contributed by atoms with E-state index in [1.807, 2.05) is 25.1 Å². The van der Waals surface area contributed by atoms with Crippen LogP contribution < -0.4 is 5.32 Å². The maximum Gasteiger partial charge on any atom is 0.245 e. The Morgan fingerprint density at radius 1 is 1.47 bits per heavy atom. The number of rotatable bonds is 2. The fourth-order valence-corrected chi connectivity index (χ4v) is 2.41. The number of nitrogens with one attached hydrogen (secondary N) is 1. The summed E-state index contributed by atoms with van der Waals surface area (Å²) in [6.45, 7) is 2.89. The van der Waals surface area contributed by atoms with E-state index in [1.54, 1.807) is 0 Å². The minimum atomic E-state index is -0.963. The molecule has 5 heteroatoms. The number of nitrogens with zero attached hydrogens (tertiary/aromatic N) is 1. The molecule has 1 aliphatic heterocycles. The van der Waals surface area contributed by atoms with Crippen molar-refractivity contribution >= 4 is 27.5 Å². The molecule has 0 atom stereocenters. The Bertz CT molecular complexity index is 531. The van der Waals surface area contributed by atoms with Gasteiger partial charge in [0.25, 0.3) is 0 Å². The maximum atomic E-state index is 12.3. The molecule has 1 aromatic rings. The van der Waals surface area contributed by atoms with Gasteiger partial charge < -0.3 is 10.1 Å². The standard InChI is InChI=1S/C14H15BrN2O2/c1-10-2-3-11(8-12(10)15)17-13(18)14(9-16)4-6-19-7-5-14/h2-3,8H,4-7H2,1H3,(H,17,18). The van der Waals surface area contributed by atoms with Gasteiger partial charge in [0.2, 0.25) is 5.91 Å². The topological polar surface area (TPSA) is 62.1 Å². The number of aryl methyl sites for hydroxylation is 1. The van der Waals surface area contributed by atoms with E-state index in [4.69, 9.17) is 4.74 Å². The van der Waals surface area contributed by atoms with Crippen LogP contribution in [0.4, 0.5) is 5.69 Å². The van der Waals surface area contributed by atoms with Crippen LogP contribution in [0.1, 0.15) is 18.4 Å². The predicted octanol–water partition coefficient (Wildman–Crippen LogP) is 3.02. The van der Waals surface area contributed by atoms with Crippen LogP contribution in [-0.2, 0) is 9.53 Å². The predicted molar refractivity (Wildman–Crippen MR) is 75.6 cm³/mol. The molecule has 0 spiro atoms. The van der Waals surface area contributed by atoms with Gasteiger partial charge in [0.1, 0.15) is 5.41 Å². The van der Waals surface area contributed by atoms with Crippen molar-refractivity contribution in [3.63, 3.8) is 0 Å². The average molecular weight is 323 g/mol. The summed E-state index contributed by atoms with van der Waals surface area (Å²) in [4.78, 5) is 12.3. The van der Waals surface area contributed by atoms with Crippen molar-refractivity contribution < 1.29 is 9.53 Å². The van der Waals surface area contributed by atoms with Gasteiger partial charge >= 0.3 is 0 Å². The van der Waals surface area contributed by atoms with Crippen molar-refractivity contribution in [3.05, 3.63) is 28.2 Å². The van der Waals surface area contributed by atoms with Crippen LogP contribution in [0.3, 0.4) is 0 Å². The third-order valence-electron chi connectivity index (χ3n) is 3.42. The Morgan fingerprint density at radius 2 is 2.16 bits per heavy atom. The van der Waals surface area contributed by atoms with Crippen LogP contribution in [0.25, 0.3) is 0 Å². The van der Waals surface area contributed by atoms with Crippen molar-refractivity contribution in [2.45, 2.75) is 19.8 Å². The highest BCUT2D eigenvalue weighted by Crippen LogP contribution is 2.31. The van der Waals surface area contributed by atoms with Gasteiger partial charge in [-0.1, -0.05) is 22.0 Å². The number of halogens is 1. The normalized spacial score (nSPS) is 17.5. The zero-order chi connectivity index (χ0) is 13.9. The summed E-state index contributed by atoms with van der Waals surface area (Å²) >= 11 is 3.43. The summed E-state index contributed by atoms with van der Waals surface area (Å²) in [5.74, 6) is -0.242. The molecule has 1 fully saturated rings. The second-order valence-corrected chi connectivity index (χ2v) is 5.58. The number of hydrogen-bond donors (Lipinski definition) is 1. The highest BCUT2D eigenvalue weighted by atomic mass is 79.9. The second-order valence-electron chi connectivity index (χ2n) is 4.72. The molecule has 4 nitrogen and oxygen atoms in total. The Labute approximate surface area is 120 Å². The zero-order valence-corrected chi connectivity index (χ0v) is 12.3. The lowest BCUT2D eigenvalue weighted by Gasteiger charge is -2.29. The van der Waals surface area contributed by atoms with Gasteiger partial charge in [-0.15, -0.1) is 0 Å². The fraction of sp³-hybridized carbons (Fsp3) is 0.429. The van der Waals surface area contributed by atoms with Gasteiger partial charge in [-0.2, -0.15) is 5.26 Å². The largest absolute Gasteiger partial charge is 0.381 e. The van der Waals surface area contributed by atoms with E-state index in [-0.39, 0.29) is 5.91 Å². The number of carbonyl (C=O) groups is 1. The van der Waals surface area contributed by atoms with E-state index in [1.165, 1.54) is 0 Å². The molecule has 0 unspecified atom stereocenters. The van der Waals surface area contributed by atoms with Gasteiger partial charge in [-0.05, 0) is 37.5 Å². The number of anilines is 1. The first-order valence-electron chi connectivity index (χ1n) is 6.14. The molecule has 1 aromatic carbocycles. The lowest BCUT2D eigenvalue weighted by molar-refractivity contribution is -0.126. The maximum absolute atomic E-state index is 12.3. The molecule has 2 rings (SSSR count). The lowest BCUT2D eigenvalue weighted by atomic mass is 9.81. The first-order chi connectivity index (χ1) is 9.07. The Kier molecular flexibility index (Phi) is 4.23. The molecule has 1 aliphatic rings. The number of carbonyl (C=O) groups excluding carboxylic acids is 1. The van der Waals surface area contributed by atoms with E-state index in [0.29, 0.717) is 31.7 Å². The third kappa shape index (κ3) is 2.96. The van der Waals surface area contributed by atoms with Gasteiger partial charge in [0, 0.05) is 23.4 Å². The summed E-state index contributed by atoms with van der Waals surface area (Å²) in [6.07, 6.45) is 0.894. The molecule has 0 aromatic heterocycles. The van der Waals surface area contributed by atoms with Gasteiger partial charge in [0.15, 0.2) is 0 Å². The fourth-order valence-electron chi connectivity index (χ4n) is 2.03. The first kappa shape index (κ1) is 14.0. The summed E-state index contributed by atoms with van der Waals surface area (Å²) in [7, 11) is 0. The molecule has 19 heavy (non-hydrogen) atoms. The van der Waals surface area contributed by atoms with Crippen LogP contribution in [0.5, 0.6) is 0 Å². The molecule has 0 radical (unpaired) electrons. The second kappa shape index (κ2) is 5.72. The SMILES string of the molecule is Cc1ccc(NC(=O)C2(C#N)CCOCC2)cc1Br. The Balaban J connectivity index is 2.15. The molecule has 1 saturated heterocycles. The molecule has 1 amide bonds. The van der Waals surface area contributed by atoms with E-state index in [2.05, 4.69) is 27.3 Å². The molecular formula is C14H15BrN2O2. The van der Waals surface area contributed by atoms with Gasteiger partial charge in [-0.25, -0.2) is 0 Å². The monoisotopic (exact) mass is 322 g/mol. The highest BCUT2D eigenvalue weighted by Gasteiger charge is 2.40. The molecule has 0 aliphatic carbocycles. The van der Waals surface area contributed by atoms with Gasteiger partial charge in [-0.3, -0.25) is 4.79 Å². The molecule has 0 saturated carbocycles. The van der Waals surface area contributed by atoms with Crippen molar-refractivity contribution in [1.29, 1.82) is 5.26 Å². The Morgan fingerprint density at radius 3 is 2.74 bits per heavy atom. The molecule has 1 heterocycles. The Hall–Kier alpha value is -1.38. The number of benzene rings is 1. The van der Waals surface area contributed by atoms with Crippen LogP contribution in [0, 0.1) is 23.7 Å². The van der Waals surface area contributed by atoms with E-state index < -0.39 is 5.41 Å². The van der Waals surface area contributed by atoms with Crippen molar-refractivity contribution in [2.24, 2.45) is 5.41 Å². The third-order valence-corrected chi connectivity index (χ3v) is 4.28. The molecule has 100 valence electrons. The number of hydrogen-bond acceptors (Lipinski definition) is 3. The first-order valence-corrected chi connectivity index (χ1v) is 6.93. The number of amides is 1. The van der Waals surface area contributed by atoms with Crippen LogP contribution in [-0.4, -0.2) is 19.1 Å². The van der Waals surface area contributed by atoms with Crippen LogP contribution in [0.2, 0.25) is 0 Å². The summed E-state index contributed by atoms with van der Waals surface area (Å²) in [5, 5.41) is 12.1. The van der Waals surface area contributed by atoms with Crippen LogP contribution >= 0.6 is 15.9 Å². The minimum absolute atomic E-state index is 0.242. The number of ether oxygens (including phenoxy) is 1. The molecular weight excluding hydrogens is 308 g/mol. The van der Waals surface area contributed by atoms with E-state index >= 15 is 0 Å². The van der Waals surface area contributed by atoms with Crippen LogP contribution in [0.15, 0.2) is 22.7 Å². The minimum Gasteiger partial charge on any atom is -0.381 e. The average Bonchev–Trinajstić information content (AvgIpc) is 2.43. The quantitative estimate of drug-likeness (QED) is 0.910. The number of nitriles is 1. The van der Waals surface area contributed by atoms with Gasteiger partial charge in [0.05, 0.1) is 6.07 Å². The summed E-state index contributed by atoms with van der Waals surface area (Å²) in [6, 6.07) is 7.76. The lowest BCUT2D eigenvalue weighted by Crippen LogP contribution is -2.39. The van der Waals surface area contributed by atoms with Crippen molar-refractivity contribution in [3.8, 4) is 6.07 Å². The van der Waals surface area contributed by atoms with Crippen molar-refractivity contribution in [2.75, 3.05) is 18.5 Å². The molecule has 1 N–H and O–H groups in total. The molecule has 0 bridgehead atoms. The van der Waals surface area contributed by atoms with Crippen molar-refractivity contribution in [1.82, 2.24) is 0 Å². The summed E-state index contributed by atoms with van der Waals surface area (Å²) < 4.78 is 6.16. The zero-order valence-electron chi connectivity index (χ0n) is 10.7. The smallest absolute Gasteiger partial charge is 0.245 e.